The van der Waals surface area contributed by atoms with E-state index in [1.165, 1.54) is 25.3 Å². The van der Waals surface area contributed by atoms with Gasteiger partial charge < -0.3 is 14.8 Å². The van der Waals surface area contributed by atoms with Gasteiger partial charge in [-0.15, -0.1) is 0 Å². The molecule has 2 aromatic rings. The smallest absolute Gasteiger partial charge is 0.262 e. The van der Waals surface area contributed by atoms with Crippen LogP contribution in [0.15, 0.2) is 47.4 Å². The number of carbonyl (C=O) groups is 1. The Labute approximate surface area is 146 Å². The van der Waals surface area contributed by atoms with Gasteiger partial charge in [0.25, 0.3) is 5.91 Å². The number of carbonyl (C=O) groups excluding carboxylic acids is 1. The number of sulfonamides is 1. The largest absolute Gasteiger partial charge is 0.495 e. The minimum Gasteiger partial charge on any atom is -0.495 e. The van der Waals surface area contributed by atoms with Crippen molar-refractivity contribution in [1.29, 1.82) is 0 Å². The zero-order chi connectivity index (χ0) is 18.4. The Morgan fingerprint density at radius 1 is 1.20 bits per heavy atom. The van der Waals surface area contributed by atoms with E-state index in [0.29, 0.717) is 5.75 Å². The predicted molar refractivity (Wildman–Crippen MR) is 94.3 cm³/mol. The van der Waals surface area contributed by atoms with Crippen LogP contribution in [0.25, 0.3) is 0 Å². The number of hydrogen-bond acceptors (Lipinski definition) is 5. The van der Waals surface area contributed by atoms with Crippen molar-refractivity contribution in [2.45, 2.75) is 18.2 Å². The Morgan fingerprint density at radius 3 is 2.60 bits per heavy atom. The summed E-state index contributed by atoms with van der Waals surface area (Å²) in [5.41, 5.74) is 1.38. The quantitative estimate of drug-likeness (QED) is 0.780. The predicted octanol–water partition coefficient (Wildman–Crippen LogP) is 1.92. The zero-order valence-electron chi connectivity index (χ0n) is 14.0. The lowest BCUT2D eigenvalue weighted by atomic mass is 10.2. The highest BCUT2D eigenvalue weighted by molar-refractivity contribution is 7.89. The molecule has 0 fully saturated rings. The molecule has 0 aliphatic heterocycles. The topological polar surface area (TPSA) is 108 Å². The molecule has 2 aromatic carbocycles. The maximum atomic E-state index is 12.0. The van der Waals surface area contributed by atoms with E-state index < -0.39 is 15.9 Å². The number of primary sulfonamides is 1. The molecule has 0 heterocycles. The van der Waals surface area contributed by atoms with Gasteiger partial charge >= 0.3 is 0 Å². The van der Waals surface area contributed by atoms with E-state index in [0.717, 1.165) is 12.0 Å². The molecule has 0 unspecified atom stereocenters. The van der Waals surface area contributed by atoms with Gasteiger partial charge in [-0.1, -0.05) is 19.1 Å². The molecule has 0 bridgehead atoms. The van der Waals surface area contributed by atoms with Gasteiger partial charge in [-0.3, -0.25) is 4.79 Å². The second-order valence-electron chi connectivity index (χ2n) is 5.25. The number of nitrogens with two attached hydrogens (primary N) is 1. The van der Waals surface area contributed by atoms with Crippen LogP contribution in [0.3, 0.4) is 0 Å². The average Bonchev–Trinajstić information content (AvgIpc) is 2.59. The molecule has 8 heteroatoms. The van der Waals surface area contributed by atoms with Crippen LogP contribution in [-0.2, 0) is 21.2 Å². The number of anilines is 1. The summed E-state index contributed by atoms with van der Waals surface area (Å²) in [6.07, 6.45) is 0.867. The minimum absolute atomic E-state index is 0.105. The molecule has 1 amide bonds. The summed E-state index contributed by atoms with van der Waals surface area (Å²) in [6, 6.07) is 11.6. The summed E-state index contributed by atoms with van der Waals surface area (Å²) in [5.74, 6) is 0.273. The Balaban J connectivity index is 2.05. The minimum atomic E-state index is -3.97. The van der Waals surface area contributed by atoms with E-state index in [4.69, 9.17) is 14.6 Å². The summed E-state index contributed by atoms with van der Waals surface area (Å²) < 4.78 is 33.6. The zero-order valence-corrected chi connectivity index (χ0v) is 14.8. The number of amides is 1. The highest BCUT2D eigenvalue weighted by Gasteiger charge is 2.16. The second-order valence-corrected chi connectivity index (χ2v) is 6.78. The highest BCUT2D eigenvalue weighted by atomic mass is 32.2. The molecule has 3 N–H and O–H groups in total. The third kappa shape index (κ3) is 5.20. The molecule has 134 valence electrons. The van der Waals surface area contributed by atoms with Gasteiger partial charge in [0, 0.05) is 5.69 Å². The van der Waals surface area contributed by atoms with Crippen LogP contribution < -0.4 is 19.9 Å². The molecule has 0 aromatic heterocycles. The number of rotatable bonds is 7. The van der Waals surface area contributed by atoms with E-state index in [1.54, 1.807) is 6.07 Å². The van der Waals surface area contributed by atoms with Gasteiger partial charge in [-0.25, -0.2) is 13.6 Å². The van der Waals surface area contributed by atoms with Crippen LogP contribution in [0.1, 0.15) is 12.5 Å². The molecule has 0 radical (unpaired) electrons. The third-order valence-electron chi connectivity index (χ3n) is 3.43. The van der Waals surface area contributed by atoms with Crippen LogP contribution in [0.2, 0.25) is 0 Å². The number of benzene rings is 2. The molecule has 0 aliphatic rings. The van der Waals surface area contributed by atoms with Gasteiger partial charge in [0.1, 0.15) is 16.4 Å². The highest BCUT2D eigenvalue weighted by Crippen LogP contribution is 2.26. The van der Waals surface area contributed by atoms with Gasteiger partial charge in [0.05, 0.1) is 7.11 Å². The first kappa shape index (κ1) is 18.8. The SMILES string of the molecule is CCc1cccc(OCC(=O)Nc2ccc(OC)c(S(N)(=O)=O)c2)c1. The Hall–Kier alpha value is -2.58. The Kier molecular flexibility index (Phi) is 6.00. The first-order valence-electron chi connectivity index (χ1n) is 7.56. The maximum absolute atomic E-state index is 12.0. The van der Waals surface area contributed by atoms with Crippen molar-refractivity contribution in [3.05, 3.63) is 48.0 Å². The fraction of sp³-hybridized carbons (Fsp3) is 0.235. The van der Waals surface area contributed by atoms with Gasteiger partial charge in [0.15, 0.2) is 6.61 Å². The van der Waals surface area contributed by atoms with E-state index in [9.17, 15) is 13.2 Å². The van der Waals surface area contributed by atoms with E-state index in [1.807, 2.05) is 25.1 Å². The van der Waals surface area contributed by atoms with Crippen molar-refractivity contribution >= 4 is 21.6 Å². The van der Waals surface area contributed by atoms with Crippen molar-refractivity contribution < 1.29 is 22.7 Å². The fourth-order valence-electron chi connectivity index (χ4n) is 2.18. The number of nitrogens with one attached hydrogen (secondary N) is 1. The van der Waals surface area contributed by atoms with Crippen molar-refractivity contribution in [3.63, 3.8) is 0 Å². The summed E-state index contributed by atoms with van der Waals surface area (Å²) >= 11 is 0. The van der Waals surface area contributed by atoms with Gasteiger partial charge in [0.2, 0.25) is 10.0 Å². The summed E-state index contributed by atoms with van der Waals surface area (Å²) in [4.78, 5) is 11.8. The number of aryl methyl sites for hydroxylation is 1. The molecule has 0 atom stereocenters. The lowest BCUT2D eigenvalue weighted by Gasteiger charge is -2.11. The van der Waals surface area contributed by atoms with E-state index in [2.05, 4.69) is 5.32 Å². The van der Waals surface area contributed by atoms with Crippen LogP contribution in [0.5, 0.6) is 11.5 Å². The van der Waals surface area contributed by atoms with Crippen molar-refractivity contribution in [3.8, 4) is 11.5 Å². The molecule has 2 rings (SSSR count). The van der Waals surface area contributed by atoms with Gasteiger partial charge in [-0.2, -0.15) is 0 Å². The average molecular weight is 364 g/mol. The lowest BCUT2D eigenvalue weighted by Crippen LogP contribution is -2.21. The lowest BCUT2D eigenvalue weighted by molar-refractivity contribution is -0.118. The maximum Gasteiger partial charge on any atom is 0.262 e. The molecule has 0 saturated carbocycles. The molecular weight excluding hydrogens is 344 g/mol. The Bertz CT molecular complexity index is 865. The van der Waals surface area contributed by atoms with Crippen LogP contribution in [-0.4, -0.2) is 28.0 Å². The number of hydrogen-bond donors (Lipinski definition) is 2. The monoisotopic (exact) mass is 364 g/mol. The van der Waals surface area contributed by atoms with E-state index in [-0.39, 0.29) is 22.9 Å². The number of ether oxygens (including phenoxy) is 2. The van der Waals surface area contributed by atoms with Crippen molar-refractivity contribution in [2.24, 2.45) is 5.14 Å². The molecule has 7 nitrogen and oxygen atoms in total. The van der Waals surface area contributed by atoms with Crippen LogP contribution >= 0.6 is 0 Å². The van der Waals surface area contributed by atoms with Crippen molar-refractivity contribution in [2.75, 3.05) is 19.0 Å². The summed E-state index contributed by atoms with van der Waals surface area (Å²) in [7, 11) is -2.64. The molecule has 0 saturated heterocycles. The fourth-order valence-corrected chi connectivity index (χ4v) is 2.90. The Morgan fingerprint density at radius 2 is 1.96 bits per heavy atom. The first-order chi connectivity index (χ1) is 11.8. The van der Waals surface area contributed by atoms with E-state index >= 15 is 0 Å². The van der Waals surface area contributed by atoms with Crippen LogP contribution in [0.4, 0.5) is 5.69 Å². The summed E-state index contributed by atoms with van der Waals surface area (Å²) in [5, 5.41) is 7.71. The van der Waals surface area contributed by atoms with Crippen molar-refractivity contribution in [1.82, 2.24) is 0 Å². The molecule has 25 heavy (non-hydrogen) atoms. The third-order valence-corrected chi connectivity index (χ3v) is 4.36. The number of methoxy groups -OCH3 is 1. The second kappa shape index (κ2) is 8.00. The summed E-state index contributed by atoms with van der Waals surface area (Å²) in [6.45, 7) is 1.82. The standard InChI is InChI=1S/C17H20N2O5S/c1-3-12-5-4-6-14(9-12)24-11-17(20)19-13-7-8-15(23-2)16(10-13)25(18,21)22/h4-10H,3,11H2,1-2H3,(H,19,20)(H2,18,21,22). The van der Waals surface area contributed by atoms with Crippen LogP contribution in [0, 0.1) is 0 Å². The molecule has 0 aliphatic carbocycles. The van der Waals surface area contributed by atoms with Gasteiger partial charge in [-0.05, 0) is 42.3 Å². The molecule has 0 spiro atoms. The normalized spacial score (nSPS) is 11.0. The first-order valence-corrected chi connectivity index (χ1v) is 9.10. The molecular formula is C17H20N2O5S.